The Hall–Kier alpha value is -9.96. The number of hydrogen-bond acceptors (Lipinski definition) is 3. The van der Waals surface area contributed by atoms with Crippen LogP contribution in [0.5, 0.6) is 0 Å². The molecule has 3 nitrogen and oxygen atoms in total. The van der Waals surface area contributed by atoms with E-state index in [0.717, 1.165) is 55.9 Å². The van der Waals surface area contributed by atoms with E-state index < -0.39 is 5.41 Å². The Morgan fingerprint density at radius 2 is 0.835 bits per heavy atom. The Kier molecular flexibility index (Phi) is 9.63. The fourth-order valence-electron chi connectivity index (χ4n) is 16.7. The summed E-state index contributed by atoms with van der Waals surface area (Å²) in [5, 5.41) is 4.69. The van der Waals surface area contributed by atoms with Gasteiger partial charge in [-0.05, 0) is 161 Å². The minimum Gasteiger partial charge on any atom is -0.456 e. The molecule has 3 heteroatoms. The molecular formula is C82H59NO2. The van der Waals surface area contributed by atoms with E-state index in [1.54, 1.807) is 0 Å². The van der Waals surface area contributed by atoms with Gasteiger partial charge in [0.1, 0.15) is 22.3 Å². The lowest BCUT2D eigenvalue weighted by Gasteiger charge is -2.38. The summed E-state index contributed by atoms with van der Waals surface area (Å²) < 4.78 is 13.8. The number of furan rings is 2. The Labute approximate surface area is 495 Å². The van der Waals surface area contributed by atoms with Crippen molar-refractivity contribution in [3.8, 4) is 55.6 Å². The van der Waals surface area contributed by atoms with Crippen molar-refractivity contribution >= 4 is 60.9 Å². The number of benzene rings is 12. The molecule has 4 aliphatic rings. The van der Waals surface area contributed by atoms with E-state index in [1.165, 1.54) is 116 Å². The van der Waals surface area contributed by atoms with Crippen molar-refractivity contribution in [3.63, 3.8) is 0 Å². The van der Waals surface area contributed by atoms with Crippen LogP contribution in [0.3, 0.4) is 0 Å². The molecule has 0 bridgehead atoms. The standard InChI is InChI=1S/C82H59NO2/c1-79(2)62-42-43-70-72(57-32-18-22-36-68(57)84-70)71(62)60-47-64-59(46-65(60)79)54-40-38-51(44-63(54)80(64,3)4)83(67-35-21-17-30-53(67)48-24-10-7-11-25-48)52-39-41-56-66(45-52)82(49-26-12-8-13-27-49,50-28-14-9-15-29-50)77-73(56)74-58-33-19-23-37-69(58)85-78(74)75-55-31-16-20-34-61(55)81(5,6)76(75)77/h7-47H,1-6H3. The monoisotopic (exact) mass is 1090 g/mol. The second kappa shape index (κ2) is 16.9. The van der Waals surface area contributed by atoms with Gasteiger partial charge in [-0.2, -0.15) is 0 Å². The second-order valence-corrected chi connectivity index (χ2v) is 25.8. The van der Waals surface area contributed by atoms with Crippen molar-refractivity contribution in [3.05, 3.63) is 304 Å². The minimum absolute atomic E-state index is 0.213. The molecule has 404 valence electrons. The summed E-state index contributed by atoms with van der Waals surface area (Å²) in [6.45, 7) is 14.5. The molecule has 4 aliphatic carbocycles. The van der Waals surface area contributed by atoms with Crippen LogP contribution < -0.4 is 4.90 Å². The molecule has 0 spiro atoms. The van der Waals surface area contributed by atoms with Crippen LogP contribution in [0.2, 0.25) is 0 Å². The van der Waals surface area contributed by atoms with E-state index in [2.05, 4.69) is 295 Å². The highest BCUT2D eigenvalue weighted by Gasteiger charge is 2.54. The first-order valence-corrected chi connectivity index (χ1v) is 30.1. The molecule has 18 rings (SSSR count). The highest BCUT2D eigenvalue weighted by molar-refractivity contribution is 6.22. The maximum atomic E-state index is 7.24. The molecule has 2 aromatic heterocycles. The number of rotatable bonds is 6. The van der Waals surface area contributed by atoms with Gasteiger partial charge < -0.3 is 13.7 Å². The van der Waals surface area contributed by atoms with E-state index >= 15 is 0 Å². The lowest BCUT2D eigenvalue weighted by molar-refractivity contribution is 0.630. The minimum atomic E-state index is -0.757. The van der Waals surface area contributed by atoms with Crippen molar-refractivity contribution in [2.45, 2.75) is 63.2 Å². The molecule has 0 saturated heterocycles. The Bertz CT molecular complexity index is 5170. The third kappa shape index (κ3) is 6.20. The first kappa shape index (κ1) is 48.6. The second-order valence-electron chi connectivity index (χ2n) is 25.8. The van der Waals surface area contributed by atoms with Crippen LogP contribution >= 0.6 is 0 Å². The van der Waals surface area contributed by atoms with Crippen LogP contribution in [-0.2, 0) is 21.7 Å². The van der Waals surface area contributed by atoms with Gasteiger partial charge >= 0.3 is 0 Å². The summed E-state index contributed by atoms with van der Waals surface area (Å²) >= 11 is 0. The molecule has 0 atom stereocenters. The van der Waals surface area contributed by atoms with Crippen molar-refractivity contribution < 1.29 is 8.83 Å². The number of nitrogens with zero attached hydrogens (tertiary/aromatic N) is 1. The quantitative estimate of drug-likeness (QED) is 0.166. The van der Waals surface area contributed by atoms with Crippen LogP contribution in [0.25, 0.3) is 99.5 Å². The van der Waals surface area contributed by atoms with E-state index in [-0.39, 0.29) is 16.2 Å². The Morgan fingerprint density at radius 1 is 0.306 bits per heavy atom. The zero-order valence-electron chi connectivity index (χ0n) is 48.4. The van der Waals surface area contributed by atoms with Gasteiger partial charge in [-0.15, -0.1) is 0 Å². The lowest BCUT2D eigenvalue weighted by Crippen LogP contribution is -2.32. The van der Waals surface area contributed by atoms with Crippen LogP contribution in [0.4, 0.5) is 17.1 Å². The fraction of sp³-hybridized carbons (Fsp3) is 0.122. The summed E-state index contributed by atoms with van der Waals surface area (Å²) in [5.74, 6) is 0. The van der Waals surface area contributed by atoms with Gasteiger partial charge in [0.2, 0.25) is 0 Å². The molecule has 14 aromatic rings. The van der Waals surface area contributed by atoms with E-state index in [0.29, 0.717) is 0 Å². The molecule has 0 amide bonds. The largest absolute Gasteiger partial charge is 0.456 e. The molecule has 0 fully saturated rings. The summed E-state index contributed by atoms with van der Waals surface area (Å²) in [4.78, 5) is 2.55. The number of hydrogen-bond donors (Lipinski definition) is 0. The molecule has 0 aliphatic heterocycles. The Balaban J connectivity index is 0.907. The van der Waals surface area contributed by atoms with Gasteiger partial charge in [0.15, 0.2) is 0 Å². The predicted molar refractivity (Wildman–Crippen MR) is 351 cm³/mol. The number of para-hydroxylation sites is 3. The average molecular weight is 1090 g/mol. The zero-order valence-corrected chi connectivity index (χ0v) is 48.4. The molecule has 85 heavy (non-hydrogen) atoms. The topological polar surface area (TPSA) is 29.5 Å². The van der Waals surface area contributed by atoms with Crippen molar-refractivity contribution in [1.82, 2.24) is 0 Å². The molecule has 12 aromatic carbocycles. The molecule has 2 heterocycles. The number of fused-ring (bicyclic) bond motifs is 22. The fourth-order valence-corrected chi connectivity index (χ4v) is 16.7. The summed E-state index contributed by atoms with van der Waals surface area (Å²) in [7, 11) is 0. The van der Waals surface area contributed by atoms with Crippen LogP contribution in [0.1, 0.15) is 97.2 Å². The highest BCUT2D eigenvalue weighted by Crippen LogP contribution is 2.67. The molecular weight excluding hydrogens is 1030 g/mol. The molecule has 0 N–H and O–H groups in total. The van der Waals surface area contributed by atoms with Crippen molar-refractivity contribution in [2.24, 2.45) is 0 Å². The first-order chi connectivity index (χ1) is 41.5. The van der Waals surface area contributed by atoms with Gasteiger partial charge in [0.05, 0.1) is 11.1 Å². The molecule has 0 unspecified atom stereocenters. The summed E-state index contributed by atoms with van der Waals surface area (Å²) in [6.07, 6.45) is 0. The van der Waals surface area contributed by atoms with Gasteiger partial charge in [-0.25, -0.2) is 0 Å². The third-order valence-corrected chi connectivity index (χ3v) is 20.5. The van der Waals surface area contributed by atoms with Crippen LogP contribution in [0.15, 0.2) is 258 Å². The molecule has 0 saturated carbocycles. The SMILES string of the molecule is CC1(C)c2cc(N(c3ccc4c(c3)C(c3ccccc3)(c3ccccc3)c3c5c(c6oc7ccccc7c6c3-4)-c3ccccc3C5(C)C)c3ccccc3-c3ccccc3)ccc2-c2cc3c(cc21)-c1c(ccc2oc4ccccc4c12)C3(C)C. The third-order valence-electron chi connectivity index (χ3n) is 20.5. The zero-order chi connectivity index (χ0) is 56.9. The van der Waals surface area contributed by atoms with Gasteiger partial charge in [-0.1, -0.05) is 230 Å². The first-order valence-electron chi connectivity index (χ1n) is 30.1. The van der Waals surface area contributed by atoms with E-state index in [4.69, 9.17) is 8.83 Å². The molecule has 0 radical (unpaired) electrons. The van der Waals surface area contributed by atoms with Gasteiger partial charge in [0, 0.05) is 60.3 Å². The van der Waals surface area contributed by atoms with Gasteiger partial charge in [0.25, 0.3) is 0 Å². The van der Waals surface area contributed by atoms with E-state index in [1.807, 2.05) is 0 Å². The summed E-state index contributed by atoms with van der Waals surface area (Å²) in [6, 6.07) is 93.2. The maximum Gasteiger partial charge on any atom is 0.144 e. The van der Waals surface area contributed by atoms with Crippen molar-refractivity contribution in [1.29, 1.82) is 0 Å². The highest BCUT2D eigenvalue weighted by atomic mass is 16.3. The average Bonchev–Trinajstić information content (AvgIpc) is 1.52. The lowest BCUT2D eigenvalue weighted by atomic mass is 9.63. The van der Waals surface area contributed by atoms with Gasteiger partial charge in [-0.3, -0.25) is 0 Å². The predicted octanol–water partition coefficient (Wildman–Crippen LogP) is 21.9. The smallest absolute Gasteiger partial charge is 0.144 e. The van der Waals surface area contributed by atoms with E-state index in [9.17, 15) is 0 Å². The normalized spacial score (nSPS) is 15.6. The van der Waals surface area contributed by atoms with Crippen LogP contribution in [0, 0.1) is 0 Å². The Morgan fingerprint density at radius 3 is 1.55 bits per heavy atom. The van der Waals surface area contributed by atoms with Crippen molar-refractivity contribution in [2.75, 3.05) is 4.90 Å². The van der Waals surface area contributed by atoms with Crippen LogP contribution in [-0.4, -0.2) is 0 Å². The maximum absolute atomic E-state index is 7.24. The number of anilines is 3. The summed E-state index contributed by atoms with van der Waals surface area (Å²) in [5.41, 5.74) is 30.9.